The number of nitrogens with one attached hydrogen (secondary N) is 2. The minimum absolute atomic E-state index is 0.117. The van der Waals surface area contributed by atoms with Crippen LogP contribution in [0.15, 0.2) is 18.3 Å². The third kappa shape index (κ3) is 3.07. The second kappa shape index (κ2) is 6.58. The summed E-state index contributed by atoms with van der Waals surface area (Å²) in [6.45, 7) is 2.17. The number of hydrogen-bond acceptors (Lipinski definition) is 6. The molecule has 1 saturated heterocycles. The Labute approximate surface area is 148 Å². The molecule has 2 aromatic rings. The average Bonchev–Trinajstić information content (AvgIpc) is 3.25. The van der Waals surface area contributed by atoms with Crippen LogP contribution >= 0.6 is 22.9 Å². The molecule has 0 saturated carbocycles. The molecular formula is C16H16ClN3O3S. The van der Waals surface area contributed by atoms with Crippen molar-refractivity contribution in [1.29, 1.82) is 0 Å². The molecule has 3 heterocycles. The van der Waals surface area contributed by atoms with Gasteiger partial charge < -0.3 is 14.8 Å². The zero-order valence-electron chi connectivity index (χ0n) is 12.8. The van der Waals surface area contributed by atoms with Crippen molar-refractivity contribution in [3.63, 3.8) is 0 Å². The van der Waals surface area contributed by atoms with Crippen molar-refractivity contribution in [2.75, 3.05) is 25.2 Å². The maximum absolute atomic E-state index is 12.4. The lowest BCUT2D eigenvalue weighted by atomic mass is 9.97. The van der Waals surface area contributed by atoms with Gasteiger partial charge in [-0.2, -0.15) is 0 Å². The number of hydrogen-bond donors (Lipinski definition) is 2. The van der Waals surface area contributed by atoms with Crippen molar-refractivity contribution in [3.05, 3.63) is 33.8 Å². The molecule has 2 N–H and O–H groups in total. The highest BCUT2D eigenvalue weighted by molar-refractivity contribution is 7.15. The Balaban J connectivity index is 1.48. The van der Waals surface area contributed by atoms with E-state index >= 15 is 0 Å². The third-order valence-electron chi connectivity index (χ3n) is 4.17. The summed E-state index contributed by atoms with van der Waals surface area (Å²) in [6.07, 6.45) is 4.07. The number of rotatable bonds is 3. The molecular weight excluding hydrogens is 350 g/mol. The molecule has 24 heavy (non-hydrogen) atoms. The largest absolute Gasteiger partial charge is 0.454 e. The fraction of sp³-hybridized carbons (Fsp3) is 0.375. The number of benzene rings is 1. The van der Waals surface area contributed by atoms with Crippen LogP contribution in [0.4, 0.5) is 5.13 Å². The quantitative estimate of drug-likeness (QED) is 0.873. The summed E-state index contributed by atoms with van der Waals surface area (Å²) in [5.41, 5.74) is 0.419. The van der Waals surface area contributed by atoms with Crippen molar-refractivity contribution in [2.45, 2.75) is 18.8 Å². The molecule has 1 fully saturated rings. The van der Waals surface area contributed by atoms with Crippen LogP contribution in [0, 0.1) is 0 Å². The number of carbonyl (C=O) groups excluding carboxylic acids is 1. The Morgan fingerprint density at radius 3 is 3.00 bits per heavy atom. The maximum Gasteiger partial charge on any atom is 0.257 e. The zero-order valence-corrected chi connectivity index (χ0v) is 14.4. The normalized spacial score (nSPS) is 17.0. The van der Waals surface area contributed by atoms with Crippen molar-refractivity contribution < 1.29 is 14.3 Å². The lowest BCUT2D eigenvalue weighted by Crippen LogP contribution is -2.26. The van der Waals surface area contributed by atoms with Gasteiger partial charge in [-0.25, -0.2) is 4.98 Å². The molecule has 1 aromatic carbocycles. The summed E-state index contributed by atoms with van der Waals surface area (Å²) >= 11 is 7.66. The van der Waals surface area contributed by atoms with Gasteiger partial charge in [0.25, 0.3) is 5.91 Å². The molecule has 0 radical (unpaired) electrons. The molecule has 6 nitrogen and oxygen atoms in total. The van der Waals surface area contributed by atoms with E-state index in [1.54, 1.807) is 12.1 Å². The van der Waals surface area contributed by atoms with Gasteiger partial charge >= 0.3 is 0 Å². The Bertz CT molecular complexity index is 774. The van der Waals surface area contributed by atoms with E-state index < -0.39 is 0 Å². The van der Waals surface area contributed by atoms with E-state index in [0.29, 0.717) is 33.1 Å². The van der Waals surface area contributed by atoms with E-state index in [4.69, 9.17) is 21.1 Å². The first-order valence-electron chi connectivity index (χ1n) is 7.77. The van der Waals surface area contributed by atoms with Crippen LogP contribution in [0.5, 0.6) is 11.5 Å². The summed E-state index contributed by atoms with van der Waals surface area (Å²) in [5, 5.41) is 7.15. The van der Waals surface area contributed by atoms with Crippen molar-refractivity contribution >= 4 is 34.0 Å². The van der Waals surface area contributed by atoms with Crippen LogP contribution in [0.1, 0.15) is 34.0 Å². The van der Waals surface area contributed by atoms with Crippen LogP contribution in [0.2, 0.25) is 5.02 Å². The number of piperidine rings is 1. The minimum Gasteiger partial charge on any atom is -0.454 e. The summed E-state index contributed by atoms with van der Waals surface area (Å²) in [7, 11) is 0. The highest BCUT2D eigenvalue weighted by atomic mass is 35.5. The number of amides is 1. The van der Waals surface area contributed by atoms with Crippen molar-refractivity contribution in [3.8, 4) is 11.5 Å². The third-order valence-corrected chi connectivity index (χ3v) is 5.53. The van der Waals surface area contributed by atoms with Crippen LogP contribution in [-0.2, 0) is 0 Å². The number of carbonyl (C=O) groups is 1. The van der Waals surface area contributed by atoms with Crippen LogP contribution in [0.25, 0.3) is 0 Å². The van der Waals surface area contributed by atoms with Gasteiger partial charge in [-0.05, 0) is 44.0 Å². The number of halogens is 1. The molecule has 2 aliphatic heterocycles. The van der Waals surface area contributed by atoms with E-state index in [-0.39, 0.29) is 12.7 Å². The predicted octanol–water partition coefficient (Wildman–Crippen LogP) is 3.24. The molecule has 1 aromatic heterocycles. The molecule has 0 bridgehead atoms. The standard InChI is InChI=1S/C16H16ClN3O3S/c17-11-5-10(6-12-14(11)23-8-22-12)15(21)20-16-19-7-13(24-16)9-1-3-18-4-2-9/h5-7,9,18H,1-4,8H2,(H,19,20,21). The molecule has 2 aliphatic rings. The van der Waals surface area contributed by atoms with Crippen LogP contribution < -0.4 is 20.1 Å². The molecule has 1 amide bonds. The van der Waals surface area contributed by atoms with E-state index in [1.807, 2.05) is 6.20 Å². The van der Waals surface area contributed by atoms with Gasteiger partial charge in [0.1, 0.15) is 0 Å². The molecule has 0 atom stereocenters. The molecule has 0 aliphatic carbocycles. The second-order valence-corrected chi connectivity index (χ2v) is 7.21. The number of fused-ring (bicyclic) bond motifs is 1. The summed E-state index contributed by atoms with van der Waals surface area (Å²) < 4.78 is 10.5. The van der Waals surface area contributed by atoms with Gasteiger partial charge in [-0.3, -0.25) is 10.1 Å². The topological polar surface area (TPSA) is 72.5 Å². The first kappa shape index (κ1) is 15.7. The Morgan fingerprint density at radius 1 is 1.33 bits per heavy atom. The Hall–Kier alpha value is -1.83. The number of aromatic nitrogens is 1. The fourth-order valence-electron chi connectivity index (χ4n) is 2.91. The van der Waals surface area contributed by atoms with Gasteiger partial charge in [0, 0.05) is 16.6 Å². The van der Waals surface area contributed by atoms with Crippen molar-refractivity contribution in [2.24, 2.45) is 0 Å². The average molecular weight is 366 g/mol. The summed E-state index contributed by atoms with van der Waals surface area (Å²) in [4.78, 5) is 18.0. The van der Waals surface area contributed by atoms with Gasteiger partial charge in [-0.1, -0.05) is 11.6 Å². The summed E-state index contributed by atoms with van der Waals surface area (Å²) in [5.74, 6) is 1.23. The number of ether oxygens (including phenoxy) is 2. The van der Waals surface area contributed by atoms with Crippen molar-refractivity contribution in [1.82, 2.24) is 10.3 Å². The molecule has 4 rings (SSSR count). The van der Waals surface area contributed by atoms with Gasteiger partial charge in [0.15, 0.2) is 16.6 Å². The molecule has 0 spiro atoms. The smallest absolute Gasteiger partial charge is 0.257 e. The zero-order chi connectivity index (χ0) is 16.5. The predicted molar refractivity (Wildman–Crippen MR) is 92.5 cm³/mol. The highest BCUT2D eigenvalue weighted by Crippen LogP contribution is 2.40. The first-order chi connectivity index (χ1) is 11.7. The number of nitrogens with zero attached hydrogens (tertiary/aromatic N) is 1. The van der Waals surface area contributed by atoms with E-state index in [1.165, 1.54) is 16.2 Å². The molecule has 0 unspecified atom stereocenters. The molecule has 8 heteroatoms. The second-order valence-electron chi connectivity index (χ2n) is 5.74. The van der Waals surface area contributed by atoms with Crippen LogP contribution in [-0.4, -0.2) is 30.8 Å². The Kier molecular flexibility index (Phi) is 4.30. The van der Waals surface area contributed by atoms with Gasteiger partial charge in [0.05, 0.1) is 5.02 Å². The highest BCUT2D eigenvalue weighted by Gasteiger charge is 2.22. The fourth-order valence-corrected chi connectivity index (χ4v) is 4.15. The van der Waals surface area contributed by atoms with Crippen LogP contribution in [0.3, 0.4) is 0 Å². The van der Waals surface area contributed by atoms with Gasteiger partial charge in [-0.15, -0.1) is 11.3 Å². The van der Waals surface area contributed by atoms with E-state index in [0.717, 1.165) is 25.9 Å². The first-order valence-corrected chi connectivity index (χ1v) is 8.97. The maximum atomic E-state index is 12.4. The lowest BCUT2D eigenvalue weighted by Gasteiger charge is -2.20. The minimum atomic E-state index is -0.263. The summed E-state index contributed by atoms with van der Waals surface area (Å²) in [6, 6.07) is 3.20. The number of anilines is 1. The SMILES string of the molecule is O=C(Nc1ncc(C2CCNCC2)s1)c1cc(Cl)c2c(c1)OCO2. The lowest BCUT2D eigenvalue weighted by molar-refractivity contribution is 0.102. The Morgan fingerprint density at radius 2 is 2.17 bits per heavy atom. The monoisotopic (exact) mass is 365 g/mol. The van der Waals surface area contributed by atoms with E-state index in [2.05, 4.69) is 15.6 Å². The van der Waals surface area contributed by atoms with Gasteiger partial charge in [0.2, 0.25) is 6.79 Å². The molecule has 126 valence electrons. The number of thiazole rings is 1. The van der Waals surface area contributed by atoms with E-state index in [9.17, 15) is 4.79 Å².